The van der Waals surface area contributed by atoms with Crippen molar-refractivity contribution in [1.29, 1.82) is 0 Å². The number of rotatable bonds is 5. The molecule has 2 unspecified atom stereocenters. The quantitative estimate of drug-likeness (QED) is 0.641. The van der Waals surface area contributed by atoms with Crippen LogP contribution in [-0.2, 0) is 15.2 Å². The summed E-state index contributed by atoms with van der Waals surface area (Å²) in [7, 11) is 0. The molecular formula is C21H24O6. The van der Waals surface area contributed by atoms with Crippen molar-refractivity contribution >= 4 is 11.9 Å². The second kappa shape index (κ2) is 9.30. The first-order chi connectivity index (χ1) is 12.9. The van der Waals surface area contributed by atoms with Gasteiger partial charge in [-0.2, -0.15) is 0 Å². The minimum absolute atomic E-state index is 0.160. The number of carboxylic acids is 2. The van der Waals surface area contributed by atoms with Crippen molar-refractivity contribution in [2.45, 2.75) is 37.4 Å². The first-order valence-corrected chi connectivity index (χ1v) is 8.84. The molecule has 6 nitrogen and oxygen atoms in total. The van der Waals surface area contributed by atoms with Crippen molar-refractivity contribution in [1.82, 2.24) is 0 Å². The predicted octanol–water partition coefficient (Wildman–Crippen LogP) is 2.95. The van der Waals surface area contributed by atoms with Gasteiger partial charge in [-0.1, -0.05) is 73.5 Å². The zero-order valence-electron chi connectivity index (χ0n) is 14.9. The van der Waals surface area contributed by atoms with Gasteiger partial charge in [0.25, 0.3) is 0 Å². The van der Waals surface area contributed by atoms with Crippen molar-refractivity contribution in [3.63, 3.8) is 0 Å². The van der Waals surface area contributed by atoms with Crippen LogP contribution < -0.4 is 0 Å². The molecule has 0 spiro atoms. The van der Waals surface area contributed by atoms with Crippen LogP contribution in [0.25, 0.3) is 0 Å². The van der Waals surface area contributed by atoms with Gasteiger partial charge in [-0.25, -0.2) is 9.59 Å². The van der Waals surface area contributed by atoms with E-state index in [2.05, 4.69) is 0 Å². The maximum atomic E-state index is 11.4. The molecular weight excluding hydrogens is 348 g/mol. The van der Waals surface area contributed by atoms with E-state index in [1.807, 2.05) is 6.07 Å². The maximum absolute atomic E-state index is 11.4. The number of benzene rings is 2. The molecule has 0 aliphatic heterocycles. The van der Waals surface area contributed by atoms with E-state index in [4.69, 9.17) is 10.2 Å². The number of hydrogen-bond donors (Lipinski definition) is 4. The van der Waals surface area contributed by atoms with Crippen LogP contribution in [0.2, 0.25) is 0 Å². The number of aliphatic hydroxyl groups is 2. The van der Waals surface area contributed by atoms with Crippen molar-refractivity contribution in [2.75, 3.05) is 0 Å². The van der Waals surface area contributed by atoms with E-state index < -0.39 is 23.6 Å². The van der Waals surface area contributed by atoms with Crippen molar-refractivity contribution in [2.24, 2.45) is 5.92 Å². The molecule has 2 aromatic carbocycles. The molecule has 0 saturated heterocycles. The molecule has 0 bridgehead atoms. The van der Waals surface area contributed by atoms with E-state index in [1.54, 1.807) is 54.6 Å². The molecule has 27 heavy (non-hydrogen) atoms. The standard InChI is InChI=1S/C13H16O3.C8H8O3/c14-12(15)13(16,11-8-4-5-9-11)10-6-2-1-3-7-10;9-7(8(10)11)6-4-2-1-3-5-6/h1-3,6-7,11,16H,4-5,8-9H2,(H,14,15);1-5,7,9H,(H,10,11). The molecule has 2 aromatic rings. The van der Waals surface area contributed by atoms with Crippen molar-refractivity contribution in [3.05, 3.63) is 71.8 Å². The Morgan fingerprint density at radius 2 is 1.37 bits per heavy atom. The lowest BCUT2D eigenvalue weighted by Crippen LogP contribution is -2.42. The van der Waals surface area contributed by atoms with E-state index in [9.17, 15) is 19.8 Å². The monoisotopic (exact) mass is 372 g/mol. The topological polar surface area (TPSA) is 115 Å². The predicted molar refractivity (Wildman–Crippen MR) is 99.0 cm³/mol. The molecule has 3 rings (SSSR count). The summed E-state index contributed by atoms with van der Waals surface area (Å²) < 4.78 is 0. The second-order valence-corrected chi connectivity index (χ2v) is 6.57. The third kappa shape index (κ3) is 4.93. The van der Waals surface area contributed by atoms with E-state index in [-0.39, 0.29) is 5.92 Å². The minimum Gasteiger partial charge on any atom is -0.479 e. The Morgan fingerprint density at radius 3 is 1.81 bits per heavy atom. The van der Waals surface area contributed by atoms with Crippen LogP contribution in [0.5, 0.6) is 0 Å². The Kier molecular flexibility index (Phi) is 7.10. The van der Waals surface area contributed by atoms with Crippen molar-refractivity contribution in [3.8, 4) is 0 Å². The summed E-state index contributed by atoms with van der Waals surface area (Å²) >= 11 is 0. The van der Waals surface area contributed by atoms with Gasteiger partial charge < -0.3 is 20.4 Å². The molecule has 1 aliphatic carbocycles. The van der Waals surface area contributed by atoms with Crippen LogP contribution in [0.1, 0.15) is 42.9 Å². The molecule has 0 amide bonds. The number of carboxylic acid groups (broad SMARTS) is 2. The lowest BCUT2D eigenvalue weighted by Gasteiger charge is -2.30. The van der Waals surface area contributed by atoms with Gasteiger partial charge in [0.15, 0.2) is 11.7 Å². The third-order valence-electron chi connectivity index (χ3n) is 4.84. The third-order valence-corrected chi connectivity index (χ3v) is 4.84. The molecule has 6 heteroatoms. The van der Waals surface area contributed by atoms with Crippen LogP contribution in [0.15, 0.2) is 60.7 Å². The Morgan fingerprint density at radius 1 is 0.889 bits per heavy atom. The Balaban J connectivity index is 0.000000208. The first-order valence-electron chi connectivity index (χ1n) is 8.84. The average molecular weight is 372 g/mol. The van der Waals surface area contributed by atoms with E-state index in [1.165, 1.54) is 0 Å². The highest BCUT2D eigenvalue weighted by atomic mass is 16.4. The number of aliphatic hydroxyl groups excluding tert-OH is 1. The lowest BCUT2D eigenvalue weighted by atomic mass is 9.80. The highest BCUT2D eigenvalue weighted by Gasteiger charge is 2.46. The number of aliphatic carboxylic acids is 2. The molecule has 0 heterocycles. The molecule has 1 saturated carbocycles. The fraction of sp³-hybridized carbons (Fsp3) is 0.333. The second-order valence-electron chi connectivity index (χ2n) is 6.57. The van der Waals surface area contributed by atoms with Gasteiger partial charge in [0.2, 0.25) is 0 Å². The van der Waals surface area contributed by atoms with Gasteiger partial charge in [0.05, 0.1) is 0 Å². The van der Waals surface area contributed by atoms with Gasteiger partial charge >= 0.3 is 11.9 Å². The maximum Gasteiger partial charge on any atom is 0.340 e. The summed E-state index contributed by atoms with van der Waals surface area (Å²) in [6.07, 6.45) is 2.19. The normalized spacial score (nSPS) is 17.3. The summed E-state index contributed by atoms with van der Waals surface area (Å²) in [6, 6.07) is 17.0. The van der Waals surface area contributed by atoms with Gasteiger partial charge in [-0.15, -0.1) is 0 Å². The largest absolute Gasteiger partial charge is 0.479 e. The fourth-order valence-corrected chi connectivity index (χ4v) is 3.35. The lowest BCUT2D eigenvalue weighted by molar-refractivity contribution is -0.166. The Bertz CT molecular complexity index is 740. The first kappa shape index (κ1) is 20.6. The summed E-state index contributed by atoms with van der Waals surface area (Å²) in [5.41, 5.74) is -0.813. The molecule has 0 radical (unpaired) electrons. The van der Waals surface area contributed by atoms with Crippen LogP contribution in [0.4, 0.5) is 0 Å². The van der Waals surface area contributed by atoms with Crippen LogP contribution in [0, 0.1) is 5.92 Å². The van der Waals surface area contributed by atoms with E-state index in [0.29, 0.717) is 11.1 Å². The Labute approximate surface area is 157 Å². The SMILES string of the molecule is O=C(O)C(O)(c1ccccc1)C1CCCC1.O=C(O)C(O)c1ccccc1. The summed E-state index contributed by atoms with van der Waals surface area (Å²) in [5, 5.41) is 37.1. The van der Waals surface area contributed by atoms with Gasteiger partial charge in [0.1, 0.15) is 0 Å². The summed E-state index contributed by atoms with van der Waals surface area (Å²) in [6.45, 7) is 0. The molecule has 144 valence electrons. The molecule has 2 atom stereocenters. The van der Waals surface area contributed by atoms with Gasteiger partial charge in [-0.3, -0.25) is 0 Å². The molecule has 1 aliphatic rings. The van der Waals surface area contributed by atoms with Crippen LogP contribution in [0.3, 0.4) is 0 Å². The van der Waals surface area contributed by atoms with Crippen LogP contribution >= 0.6 is 0 Å². The minimum atomic E-state index is -1.71. The number of carbonyl (C=O) groups is 2. The average Bonchev–Trinajstić information content (AvgIpc) is 3.23. The van der Waals surface area contributed by atoms with Crippen LogP contribution in [-0.4, -0.2) is 32.4 Å². The molecule has 4 N–H and O–H groups in total. The smallest absolute Gasteiger partial charge is 0.340 e. The molecule has 0 aromatic heterocycles. The van der Waals surface area contributed by atoms with E-state index in [0.717, 1.165) is 25.7 Å². The number of hydrogen-bond acceptors (Lipinski definition) is 4. The van der Waals surface area contributed by atoms with Gasteiger partial charge in [0, 0.05) is 5.92 Å². The van der Waals surface area contributed by atoms with Gasteiger partial charge in [-0.05, 0) is 24.0 Å². The fourth-order valence-electron chi connectivity index (χ4n) is 3.35. The zero-order valence-corrected chi connectivity index (χ0v) is 14.9. The highest BCUT2D eigenvalue weighted by Crippen LogP contribution is 2.40. The summed E-state index contributed by atoms with van der Waals surface area (Å²) in [5.74, 6) is -2.52. The zero-order chi connectivity index (χ0) is 19.9. The van der Waals surface area contributed by atoms with E-state index >= 15 is 0 Å². The van der Waals surface area contributed by atoms with Crippen molar-refractivity contribution < 1.29 is 30.0 Å². The molecule has 1 fully saturated rings. The summed E-state index contributed by atoms with van der Waals surface area (Å²) in [4.78, 5) is 21.6. The highest BCUT2D eigenvalue weighted by molar-refractivity contribution is 5.79. The Hall–Kier alpha value is -2.70.